The number of rotatable bonds is 5. The number of hydrogen-bond donors (Lipinski definition) is 3. The van der Waals surface area contributed by atoms with E-state index in [9.17, 15) is 0 Å². The van der Waals surface area contributed by atoms with Crippen molar-refractivity contribution >= 4 is 5.84 Å². The molecule has 2 rings (SSSR count). The SMILES string of the molecule is CC(C)(CCNC1CC2CCC1C2)C(N)=NO. The molecule has 0 aromatic rings. The second-order valence-electron chi connectivity index (χ2n) is 6.35. The van der Waals surface area contributed by atoms with Gasteiger partial charge >= 0.3 is 0 Å². The van der Waals surface area contributed by atoms with E-state index in [1.807, 2.05) is 13.8 Å². The highest BCUT2D eigenvalue weighted by Crippen LogP contribution is 2.44. The number of nitrogens with zero attached hydrogens (tertiary/aromatic N) is 1. The molecule has 2 aliphatic rings. The standard InChI is InChI=1S/C13H25N3O/c1-13(2,12(14)16-17)5-6-15-11-8-9-3-4-10(11)7-9/h9-11,15,17H,3-8H2,1-2H3,(H2,14,16). The van der Waals surface area contributed by atoms with Crippen LogP contribution in [0.4, 0.5) is 0 Å². The number of amidine groups is 1. The Kier molecular flexibility index (Phi) is 3.61. The van der Waals surface area contributed by atoms with Gasteiger partial charge in [-0.1, -0.05) is 25.4 Å². The lowest BCUT2D eigenvalue weighted by Gasteiger charge is -2.27. The Morgan fingerprint density at radius 1 is 1.41 bits per heavy atom. The van der Waals surface area contributed by atoms with Gasteiger partial charge in [-0.15, -0.1) is 0 Å². The predicted octanol–water partition coefficient (Wildman–Crippen LogP) is 1.93. The van der Waals surface area contributed by atoms with Crippen LogP contribution in [0.25, 0.3) is 0 Å². The zero-order valence-electron chi connectivity index (χ0n) is 10.9. The molecule has 3 atom stereocenters. The Hall–Kier alpha value is -0.770. The summed E-state index contributed by atoms with van der Waals surface area (Å²) in [4.78, 5) is 0. The van der Waals surface area contributed by atoms with Crippen molar-refractivity contribution in [1.82, 2.24) is 5.32 Å². The van der Waals surface area contributed by atoms with E-state index in [1.165, 1.54) is 25.7 Å². The highest BCUT2D eigenvalue weighted by molar-refractivity contribution is 5.85. The predicted molar refractivity (Wildman–Crippen MR) is 69.0 cm³/mol. The number of fused-ring (bicyclic) bond motifs is 2. The zero-order chi connectivity index (χ0) is 12.5. The zero-order valence-corrected chi connectivity index (χ0v) is 10.9. The summed E-state index contributed by atoms with van der Waals surface area (Å²) in [5, 5.41) is 15.5. The van der Waals surface area contributed by atoms with Crippen LogP contribution >= 0.6 is 0 Å². The van der Waals surface area contributed by atoms with Crippen LogP contribution in [0.2, 0.25) is 0 Å². The molecule has 0 aromatic carbocycles. The van der Waals surface area contributed by atoms with Gasteiger partial charge in [-0.3, -0.25) is 0 Å². The van der Waals surface area contributed by atoms with Crippen LogP contribution in [0.3, 0.4) is 0 Å². The van der Waals surface area contributed by atoms with Gasteiger partial charge in [-0.25, -0.2) is 0 Å². The summed E-state index contributed by atoms with van der Waals surface area (Å²) >= 11 is 0. The van der Waals surface area contributed by atoms with Gasteiger partial charge in [0.2, 0.25) is 0 Å². The Balaban J connectivity index is 1.73. The molecule has 2 aliphatic carbocycles. The summed E-state index contributed by atoms with van der Waals surface area (Å²) in [6.45, 7) is 4.99. The first-order chi connectivity index (χ1) is 8.03. The summed E-state index contributed by atoms with van der Waals surface area (Å²) in [5.41, 5.74) is 5.45. The summed E-state index contributed by atoms with van der Waals surface area (Å²) in [6, 6.07) is 0.719. The van der Waals surface area contributed by atoms with E-state index in [4.69, 9.17) is 10.9 Å². The molecule has 4 nitrogen and oxygen atoms in total. The molecular weight excluding hydrogens is 214 g/mol. The molecule has 4 heteroatoms. The van der Waals surface area contributed by atoms with Crippen molar-refractivity contribution in [3.8, 4) is 0 Å². The van der Waals surface area contributed by atoms with Crippen LogP contribution in [-0.2, 0) is 0 Å². The van der Waals surface area contributed by atoms with E-state index in [0.717, 1.165) is 30.8 Å². The maximum atomic E-state index is 8.71. The largest absolute Gasteiger partial charge is 0.409 e. The molecule has 17 heavy (non-hydrogen) atoms. The molecular formula is C13H25N3O. The average molecular weight is 239 g/mol. The molecule has 0 spiro atoms. The average Bonchev–Trinajstić information content (AvgIpc) is 2.89. The quantitative estimate of drug-likeness (QED) is 0.297. The van der Waals surface area contributed by atoms with Crippen molar-refractivity contribution in [3.63, 3.8) is 0 Å². The van der Waals surface area contributed by atoms with Gasteiger partial charge in [0.05, 0.1) is 0 Å². The number of hydrogen-bond acceptors (Lipinski definition) is 3. The Labute approximate surface area is 104 Å². The molecule has 98 valence electrons. The lowest BCUT2D eigenvalue weighted by molar-refractivity contribution is 0.300. The van der Waals surface area contributed by atoms with Crippen LogP contribution in [-0.4, -0.2) is 23.6 Å². The fourth-order valence-electron chi connectivity index (χ4n) is 3.33. The smallest absolute Gasteiger partial charge is 0.144 e. The van der Waals surface area contributed by atoms with Crippen LogP contribution in [0.5, 0.6) is 0 Å². The van der Waals surface area contributed by atoms with Crippen LogP contribution in [0.1, 0.15) is 46.0 Å². The van der Waals surface area contributed by atoms with Gasteiger partial charge < -0.3 is 16.3 Å². The monoisotopic (exact) mass is 239 g/mol. The van der Waals surface area contributed by atoms with Crippen molar-refractivity contribution in [2.24, 2.45) is 28.1 Å². The molecule has 3 unspecified atom stereocenters. The number of nitrogens with one attached hydrogen (secondary N) is 1. The van der Waals surface area contributed by atoms with Crippen molar-refractivity contribution in [1.29, 1.82) is 0 Å². The van der Waals surface area contributed by atoms with Gasteiger partial charge in [0.15, 0.2) is 0 Å². The van der Waals surface area contributed by atoms with Gasteiger partial charge in [0.1, 0.15) is 5.84 Å². The minimum absolute atomic E-state index is 0.223. The third kappa shape index (κ3) is 2.73. The lowest BCUT2D eigenvalue weighted by atomic mass is 9.87. The van der Waals surface area contributed by atoms with Gasteiger partial charge in [-0.2, -0.15) is 0 Å². The van der Waals surface area contributed by atoms with Gasteiger partial charge in [-0.05, 0) is 44.1 Å². The van der Waals surface area contributed by atoms with E-state index in [0.29, 0.717) is 5.84 Å². The minimum atomic E-state index is -0.223. The normalized spacial score (nSPS) is 33.3. The molecule has 0 aromatic heterocycles. The van der Waals surface area contributed by atoms with Crippen molar-refractivity contribution in [2.45, 2.75) is 52.0 Å². The topological polar surface area (TPSA) is 70.6 Å². The molecule has 2 saturated carbocycles. The van der Waals surface area contributed by atoms with Crippen LogP contribution in [0, 0.1) is 17.3 Å². The first kappa shape index (κ1) is 12.7. The summed E-state index contributed by atoms with van der Waals surface area (Å²) in [6.07, 6.45) is 6.55. The van der Waals surface area contributed by atoms with E-state index in [1.54, 1.807) is 0 Å². The maximum Gasteiger partial charge on any atom is 0.144 e. The molecule has 0 heterocycles. The summed E-state index contributed by atoms with van der Waals surface area (Å²) in [7, 11) is 0. The summed E-state index contributed by atoms with van der Waals surface area (Å²) in [5.74, 6) is 2.22. The first-order valence-corrected chi connectivity index (χ1v) is 6.74. The second-order valence-corrected chi connectivity index (χ2v) is 6.35. The Morgan fingerprint density at radius 3 is 2.71 bits per heavy atom. The molecule has 0 aliphatic heterocycles. The molecule has 2 bridgehead atoms. The minimum Gasteiger partial charge on any atom is -0.409 e. The van der Waals surface area contributed by atoms with Crippen molar-refractivity contribution in [2.75, 3.05) is 6.54 Å². The number of oxime groups is 1. The van der Waals surface area contributed by atoms with Crippen molar-refractivity contribution in [3.05, 3.63) is 0 Å². The lowest BCUT2D eigenvalue weighted by Crippen LogP contribution is -2.39. The third-order valence-corrected chi connectivity index (χ3v) is 4.70. The third-order valence-electron chi connectivity index (χ3n) is 4.70. The van der Waals surface area contributed by atoms with E-state index >= 15 is 0 Å². The summed E-state index contributed by atoms with van der Waals surface area (Å²) < 4.78 is 0. The molecule has 0 radical (unpaired) electrons. The Morgan fingerprint density at radius 2 is 2.18 bits per heavy atom. The van der Waals surface area contributed by atoms with Crippen LogP contribution < -0.4 is 11.1 Å². The Bertz CT molecular complexity index is 301. The molecule has 0 saturated heterocycles. The van der Waals surface area contributed by atoms with E-state index < -0.39 is 0 Å². The number of nitrogens with two attached hydrogens (primary N) is 1. The maximum absolute atomic E-state index is 8.71. The van der Waals surface area contributed by atoms with Gasteiger partial charge in [0.25, 0.3) is 0 Å². The van der Waals surface area contributed by atoms with E-state index in [2.05, 4.69) is 10.5 Å². The second kappa shape index (κ2) is 4.84. The fraction of sp³-hybridized carbons (Fsp3) is 0.923. The molecule has 4 N–H and O–H groups in total. The first-order valence-electron chi connectivity index (χ1n) is 6.74. The molecule has 0 amide bonds. The highest BCUT2D eigenvalue weighted by Gasteiger charge is 2.39. The van der Waals surface area contributed by atoms with Crippen molar-refractivity contribution < 1.29 is 5.21 Å². The van der Waals surface area contributed by atoms with Crippen LogP contribution in [0.15, 0.2) is 5.16 Å². The molecule has 2 fully saturated rings. The van der Waals surface area contributed by atoms with Gasteiger partial charge in [0, 0.05) is 11.5 Å². The fourth-order valence-corrected chi connectivity index (χ4v) is 3.33. The van der Waals surface area contributed by atoms with E-state index in [-0.39, 0.29) is 5.41 Å². The highest BCUT2D eigenvalue weighted by atomic mass is 16.4.